The Bertz CT molecular complexity index is 1000. The molecule has 0 amide bonds. The zero-order valence-corrected chi connectivity index (χ0v) is 19.2. The molecule has 2 heterocycles. The second-order valence-corrected chi connectivity index (χ2v) is 10.9. The number of hydrogen-bond donors (Lipinski definition) is 0. The minimum Gasteiger partial charge on any atom is -0.465 e. The average molecular weight is 434 g/mol. The highest BCUT2D eigenvalue weighted by atomic mass is 32.2. The normalized spacial score (nSPS) is 18.4. The van der Waals surface area contributed by atoms with Crippen molar-refractivity contribution in [1.82, 2.24) is 14.1 Å². The molecule has 1 aliphatic heterocycles. The van der Waals surface area contributed by atoms with Gasteiger partial charge in [-0.25, -0.2) is 13.2 Å². The van der Waals surface area contributed by atoms with Crippen molar-refractivity contribution in [2.24, 2.45) is 5.92 Å². The Kier molecular flexibility index (Phi) is 6.38. The zero-order valence-electron chi connectivity index (χ0n) is 18.4. The first kappa shape index (κ1) is 22.5. The molecule has 1 fully saturated rings. The van der Waals surface area contributed by atoms with Gasteiger partial charge < -0.3 is 4.74 Å². The number of hydrogen-bond acceptors (Lipinski definition) is 5. The van der Waals surface area contributed by atoms with Crippen LogP contribution in [0.3, 0.4) is 0 Å². The van der Waals surface area contributed by atoms with E-state index in [4.69, 9.17) is 4.74 Å². The van der Waals surface area contributed by atoms with Gasteiger partial charge in [0.15, 0.2) is 0 Å². The van der Waals surface area contributed by atoms with Gasteiger partial charge in [-0.15, -0.1) is 0 Å². The summed E-state index contributed by atoms with van der Waals surface area (Å²) in [7, 11) is -2.64. The molecule has 8 heteroatoms. The molecular weight excluding hydrogens is 402 g/mol. The molecule has 1 atom stereocenters. The molecule has 1 aromatic carbocycles. The van der Waals surface area contributed by atoms with E-state index in [2.05, 4.69) is 38.0 Å². The maximum Gasteiger partial charge on any atom is 0.342 e. The minimum atomic E-state index is -3.88. The molecule has 30 heavy (non-hydrogen) atoms. The van der Waals surface area contributed by atoms with Gasteiger partial charge in [-0.1, -0.05) is 52.0 Å². The van der Waals surface area contributed by atoms with Crippen molar-refractivity contribution in [3.8, 4) is 0 Å². The molecule has 0 unspecified atom stereocenters. The van der Waals surface area contributed by atoms with Gasteiger partial charge in [0.1, 0.15) is 5.56 Å². The standard InChI is InChI=1S/C22H31N3O4S/c1-16-7-6-12-25(13-16)30(27,28)20-19(21(26)29-5)15-24(23-20)14-17-8-10-18(11-9-17)22(2,3)4/h8-11,15-16H,6-7,12-14H2,1-5H3/t16-/m1/s1. The number of benzene rings is 1. The van der Waals surface area contributed by atoms with Crippen LogP contribution in [0.4, 0.5) is 0 Å². The van der Waals surface area contributed by atoms with Crippen molar-refractivity contribution in [2.45, 2.75) is 57.5 Å². The Morgan fingerprint density at radius 1 is 1.23 bits per heavy atom. The molecule has 0 aliphatic carbocycles. The van der Waals surface area contributed by atoms with Gasteiger partial charge >= 0.3 is 5.97 Å². The van der Waals surface area contributed by atoms with Gasteiger partial charge in [-0.05, 0) is 35.3 Å². The van der Waals surface area contributed by atoms with Crippen LogP contribution >= 0.6 is 0 Å². The van der Waals surface area contributed by atoms with Crippen molar-refractivity contribution >= 4 is 16.0 Å². The first-order valence-corrected chi connectivity index (χ1v) is 11.7. The molecule has 0 saturated carbocycles. The van der Waals surface area contributed by atoms with E-state index in [-0.39, 0.29) is 21.9 Å². The highest BCUT2D eigenvalue weighted by molar-refractivity contribution is 7.89. The number of nitrogens with zero attached hydrogens (tertiary/aromatic N) is 3. The van der Waals surface area contributed by atoms with Crippen LogP contribution in [-0.2, 0) is 26.7 Å². The van der Waals surface area contributed by atoms with Crippen molar-refractivity contribution in [3.63, 3.8) is 0 Å². The van der Waals surface area contributed by atoms with E-state index in [1.54, 1.807) is 0 Å². The molecule has 0 N–H and O–H groups in total. The summed E-state index contributed by atoms with van der Waals surface area (Å²) in [6.07, 6.45) is 3.26. The molecule has 1 aliphatic rings. The van der Waals surface area contributed by atoms with Crippen molar-refractivity contribution in [3.05, 3.63) is 47.2 Å². The van der Waals surface area contributed by atoms with E-state index in [1.807, 2.05) is 19.1 Å². The Hall–Kier alpha value is -2.19. The van der Waals surface area contributed by atoms with Crippen LogP contribution < -0.4 is 0 Å². The van der Waals surface area contributed by atoms with Crippen LogP contribution in [0.2, 0.25) is 0 Å². The number of methoxy groups -OCH3 is 1. The second kappa shape index (κ2) is 8.51. The van der Waals surface area contributed by atoms with E-state index in [0.29, 0.717) is 19.6 Å². The molecule has 1 saturated heterocycles. The highest BCUT2D eigenvalue weighted by Crippen LogP contribution is 2.26. The average Bonchev–Trinajstić information content (AvgIpc) is 3.12. The van der Waals surface area contributed by atoms with Crippen molar-refractivity contribution < 1.29 is 17.9 Å². The highest BCUT2D eigenvalue weighted by Gasteiger charge is 2.35. The second-order valence-electron chi connectivity index (χ2n) is 9.09. The van der Waals surface area contributed by atoms with Gasteiger partial charge in [0.2, 0.25) is 5.03 Å². The van der Waals surface area contributed by atoms with Gasteiger partial charge in [-0.3, -0.25) is 4.68 Å². The quantitative estimate of drug-likeness (QED) is 0.675. The smallest absolute Gasteiger partial charge is 0.342 e. The number of rotatable bonds is 5. The Morgan fingerprint density at radius 3 is 2.47 bits per heavy atom. The van der Waals surface area contributed by atoms with Crippen LogP contribution in [0.15, 0.2) is 35.5 Å². The van der Waals surface area contributed by atoms with Crippen LogP contribution in [-0.4, -0.2) is 48.7 Å². The molecule has 1 aromatic heterocycles. The first-order chi connectivity index (χ1) is 14.0. The monoisotopic (exact) mass is 433 g/mol. The molecular formula is C22H31N3O4S. The summed E-state index contributed by atoms with van der Waals surface area (Å²) in [4.78, 5) is 12.3. The summed E-state index contributed by atoms with van der Waals surface area (Å²) < 4.78 is 34.2. The number of carbonyl (C=O) groups is 1. The first-order valence-electron chi connectivity index (χ1n) is 10.3. The van der Waals surface area contributed by atoms with Crippen LogP contribution in [0.25, 0.3) is 0 Å². The maximum absolute atomic E-state index is 13.2. The molecule has 0 radical (unpaired) electrons. The number of carbonyl (C=O) groups excluding carboxylic acids is 1. The lowest BCUT2D eigenvalue weighted by Crippen LogP contribution is -2.39. The molecule has 3 rings (SSSR count). The van der Waals surface area contributed by atoms with Crippen LogP contribution in [0.1, 0.15) is 62.0 Å². The number of aromatic nitrogens is 2. The summed E-state index contributed by atoms with van der Waals surface area (Å²) in [6, 6.07) is 8.13. The number of sulfonamides is 1. The number of piperidine rings is 1. The van der Waals surface area contributed by atoms with E-state index in [1.165, 1.54) is 27.9 Å². The van der Waals surface area contributed by atoms with Crippen molar-refractivity contribution in [2.75, 3.05) is 20.2 Å². The molecule has 0 spiro atoms. The Balaban J connectivity index is 1.92. The fourth-order valence-electron chi connectivity index (χ4n) is 3.71. The van der Waals surface area contributed by atoms with E-state index >= 15 is 0 Å². The van der Waals surface area contributed by atoms with Crippen LogP contribution in [0.5, 0.6) is 0 Å². The predicted octanol–water partition coefficient (Wildman–Crippen LogP) is 3.44. The summed E-state index contributed by atoms with van der Waals surface area (Å²) in [5.74, 6) is -0.425. The predicted molar refractivity (Wildman–Crippen MR) is 115 cm³/mol. The minimum absolute atomic E-state index is 0.0259. The molecule has 0 bridgehead atoms. The third-order valence-corrected chi connectivity index (χ3v) is 7.30. The molecule has 2 aromatic rings. The fraction of sp³-hybridized carbons (Fsp3) is 0.545. The van der Waals surface area contributed by atoms with Gasteiger partial charge in [0.05, 0.1) is 13.7 Å². The number of esters is 1. The summed E-state index contributed by atoms with van der Waals surface area (Å²) in [6.45, 7) is 9.71. The fourth-order valence-corrected chi connectivity index (χ4v) is 5.40. The lowest BCUT2D eigenvalue weighted by molar-refractivity contribution is 0.0596. The Labute approximate surface area is 179 Å². The van der Waals surface area contributed by atoms with Crippen LogP contribution in [0, 0.1) is 5.92 Å². The van der Waals surface area contributed by atoms with Crippen molar-refractivity contribution in [1.29, 1.82) is 0 Å². The van der Waals surface area contributed by atoms with Gasteiger partial charge in [0, 0.05) is 19.3 Å². The number of ether oxygens (including phenoxy) is 1. The van der Waals surface area contributed by atoms with E-state index in [0.717, 1.165) is 18.4 Å². The van der Waals surface area contributed by atoms with Gasteiger partial charge in [0.25, 0.3) is 10.0 Å². The summed E-state index contributed by atoms with van der Waals surface area (Å²) >= 11 is 0. The summed E-state index contributed by atoms with van der Waals surface area (Å²) in [5.41, 5.74) is 2.21. The zero-order chi connectivity index (χ0) is 22.1. The topological polar surface area (TPSA) is 81.5 Å². The van der Waals surface area contributed by atoms with E-state index in [9.17, 15) is 13.2 Å². The molecule has 164 valence electrons. The van der Waals surface area contributed by atoms with E-state index < -0.39 is 16.0 Å². The molecule has 7 nitrogen and oxygen atoms in total. The lowest BCUT2D eigenvalue weighted by Gasteiger charge is -2.29. The third kappa shape index (κ3) is 4.75. The third-order valence-electron chi connectivity index (χ3n) is 5.50. The largest absolute Gasteiger partial charge is 0.465 e. The lowest BCUT2D eigenvalue weighted by atomic mass is 9.87. The summed E-state index contributed by atoms with van der Waals surface area (Å²) in [5, 5.41) is 4.08. The maximum atomic E-state index is 13.2. The Morgan fingerprint density at radius 2 is 1.90 bits per heavy atom. The SMILES string of the molecule is COC(=O)c1cn(Cc2ccc(C(C)(C)C)cc2)nc1S(=O)(=O)N1CCC[C@@H](C)C1. The van der Waals surface area contributed by atoms with Gasteiger partial charge in [-0.2, -0.15) is 9.40 Å².